The van der Waals surface area contributed by atoms with Crippen LogP contribution in [0.5, 0.6) is 11.5 Å². The zero-order valence-electron chi connectivity index (χ0n) is 14.1. The number of carbonyl (C=O) groups excluding carboxylic acids is 1. The van der Waals surface area contributed by atoms with Gasteiger partial charge >= 0.3 is 0 Å². The van der Waals surface area contributed by atoms with E-state index in [4.69, 9.17) is 9.47 Å². The maximum absolute atomic E-state index is 12.4. The van der Waals surface area contributed by atoms with Crippen molar-refractivity contribution in [3.05, 3.63) is 53.6 Å². The molecule has 1 unspecified atom stereocenters. The van der Waals surface area contributed by atoms with Crippen LogP contribution in [0.2, 0.25) is 0 Å². The van der Waals surface area contributed by atoms with Crippen LogP contribution < -0.4 is 14.8 Å². The number of hydrogen-bond acceptors (Lipinski definition) is 3. The number of amides is 1. The average molecular weight is 313 g/mol. The molecule has 0 aliphatic carbocycles. The first-order valence-corrected chi connectivity index (χ1v) is 7.78. The molecule has 0 spiro atoms. The van der Waals surface area contributed by atoms with Crippen LogP contribution in [0.25, 0.3) is 0 Å². The summed E-state index contributed by atoms with van der Waals surface area (Å²) in [6.45, 7) is 8.12. The number of para-hydroxylation sites is 3. The van der Waals surface area contributed by atoms with Crippen molar-refractivity contribution in [2.45, 2.75) is 33.8 Å². The van der Waals surface area contributed by atoms with Gasteiger partial charge in [0.2, 0.25) is 0 Å². The molecular weight excluding hydrogens is 290 g/mol. The van der Waals surface area contributed by atoms with Crippen LogP contribution in [0.4, 0.5) is 5.69 Å². The van der Waals surface area contributed by atoms with Crippen LogP contribution in [0.15, 0.2) is 42.5 Å². The van der Waals surface area contributed by atoms with E-state index in [-0.39, 0.29) is 5.91 Å². The topological polar surface area (TPSA) is 47.6 Å². The van der Waals surface area contributed by atoms with E-state index in [1.165, 1.54) is 0 Å². The summed E-state index contributed by atoms with van der Waals surface area (Å²) in [5.41, 5.74) is 2.89. The molecule has 1 N–H and O–H groups in total. The molecule has 0 saturated carbocycles. The Labute approximate surface area is 137 Å². The molecular formula is C19H23NO3. The van der Waals surface area contributed by atoms with Gasteiger partial charge in [0.05, 0.1) is 6.61 Å². The minimum absolute atomic E-state index is 0.186. The van der Waals surface area contributed by atoms with Gasteiger partial charge in [0.1, 0.15) is 0 Å². The van der Waals surface area contributed by atoms with Gasteiger partial charge in [-0.2, -0.15) is 0 Å². The fourth-order valence-corrected chi connectivity index (χ4v) is 2.30. The second kappa shape index (κ2) is 7.68. The van der Waals surface area contributed by atoms with Crippen molar-refractivity contribution >= 4 is 11.6 Å². The van der Waals surface area contributed by atoms with Crippen LogP contribution in [-0.4, -0.2) is 18.6 Å². The van der Waals surface area contributed by atoms with E-state index in [1.54, 1.807) is 13.0 Å². The molecule has 2 aromatic rings. The molecule has 1 atom stereocenters. The highest BCUT2D eigenvalue weighted by molar-refractivity contribution is 5.95. The Morgan fingerprint density at radius 3 is 2.26 bits per heavy atom. The first-order valence-electron chi connectivity index (χ1n) is 7.78. The van der Waals surface area contributed by atoms with E-state index in [0.29, 0.717) is 18.1 Å². The van der Waals surface area contributed by atoms with Gasteiger partial charge in [0.25, 0.3) is 5.91 Å². The molecule has 4 nitrogen and oxygen atoms in total. The molecule has 0 aromatic heterocycles. The summed E-state index contributed by atoms with van der Waals surface area (Å²) in [6.07, 6.45) is -0.629. The summed E-state index contributed by atoms with van der Waals surface area (Å²) >= 11 is 0. The van der Waals surface area contributed by atoms with Crippen molar-refractivity contribution in [1.82, 2.24) is 0 Å². The van der Waals surface area contributed by atoms with Crippen LogP contribution in [-0.2, 0) is 4.79 Å². The lowest BCUT2D eigenvalue weighted by molar-refractivity contribution is -0.122. The van der Waals surface area contributed by atoms with Crippen LogP contribution in [0.3, 0.4) is 0 Å². The van der Waals surface area contributed by atoms with Gasteiger partial charge in [-0.3, -0.25) is 4.79 Å². The van der Waals surface area contributed by atoms with E-state index >= 15 is 0 Å². The first-order chi connectivity index (χ1) is 11.0. The zero-order chi connectivity index (χ0) is 16.8. The van der Waals surface area contributed by atoms with Crippen molar-refractivity contribution in [3.8, 4) is 11.5 Å². The number of benzene rings is 2. The lowest BCUT2D eigenvalue weighted by Crippen LogP contribution is -2.30. The molecule has 2 aromatic carbocycles. The number of aryl methyl sites for hydroxylation is 2. The highest BCUT2D eigenvalue weighted by atomic mass is 16.5. The summed E-state index contributed by atoms with van der Waals surface area (Å²) in [5.74, 6) is 1.02. The lowest BCUT2D eigenvalue weighted by Gasteiger charge is -2.18. The number of hydrogen-bond donors (Lipinski definition) is 1. The predicted molar refractivity (Wildman–Crippen MR) is 92.2 cm³/mol. The van der Waals surface area contributed by atoms with Gasteiger partial charge in [-0.15, -0.1) is 0 Å². The largest absolute Gasteiger partial charge is 0.490 e. The molecule has 0 fully saturated rings. The third kappa shape index (κ3) is 4.25. The van der Waals surface area contributed by atoms with Crippen molar-refractivity contribution < 1.29 is 14.3 Å². The smallest absolute Gasteiger partial charge is 0.265 e. The summed E-state index contributed by atoms with van der Waals surface area (Å²) in [4.78, 5) is 12.4. The molecule has 122 valence electrons. The van der Waals surface area contributed by atoms with Gasteiger partial charge < -0.3 is 14.8 Å². The number of carbonyl (C=O) groups is 1. The van der Waals surface area contributed by atoms with Crippen LogP contribution in [0, 0.1) is 13.8 Å². The monoisotopic (exact) mass is 313 g/mol. The predicted octanol–water partition coefficient (Wildman–Crippen LogP) is 4.11. The fourth-order valence-electron chi connectivity index (χ4n) is 2.30. The molecule has 0 saturated heterocycles. The highest BCUT2D eigenvalue weighted by Gasteiger charge is 2.18. The molecule has 0 radical (unpaired) electrons. The SMILES string of the molecule is CCOc1ccccc1OC(C)C(=O)Nc1c(C)cccc1C. The second-order valence-electron chi connectivity index (χ2n) is 5.40. The van der Waals surface area contributed by atoms with Gasteiger partial charge in [-0.05, 0) is 51.0 Å². The van der Waals surface area contributed by atoms with Gasteiger partial charge in [-0.1, -0.05) is 30.3 Å². The molecule has 0 aliphatic heterocycles. The lowest BCUT2D eigenvalue weighted by atomic mass is 10.1. The summed E-state index contributed by atoms with van der Waals surface area (Å²) in [7, 11) is 0. The summed E-state index contributed by atoms with van der Waals surface area (Å²) in [5, 5.41) is 2.95. The van der Waals surface area contributed by atoms with E-state index < -0.39 is 6.10 Å². The van der Waals surface area contributed by atoms with Crippen molar-refractivity contribution in [1.29, 1.82) is 0 Å². The summed E-state index contributed by atoms with van der Waals surface area (Å²) < 4.78 is 11.3. The maximum Gasteiger partial charge on any atom is 0.265 e. The third-order valence-electron chi connectivity index (χ3n) is 3.55. The summed E-state index contributed by atoms with van der Waals surface area (Å²) in [6, 6.07) is 13.3. The number of nitrogens with one attached hydrogen (secondary N) is 1. The Balaban J connectivity index is 2.09. The Hall–Kier alpha value is -2.49. The maximum atomic E-state index is 12.4. The first kappa shape index (κ1) is 16.9. The average Bonchev–Trinajstić information content (AvgIpc) is 2.53. The molecule has 4 heteroatoms. The molecule has 1 amide bonds. The van der Waals surface area contributed by atoms with E-state index in [0.717, 1.165) is 16.8 Å². The standard InChI is InChI=1S/C19H23NO3/c1-5-22-16-11-6-7-12-17(16)23-15(4)19(21)20-18-13(2)9-8-10-14(18)3/h6-12,15H,5H2,1-4H3,(H,20,21). The van der Waals surface area contributed by atoms with Crippen molar-refractivity contribution in [2.24, 2.45) is 0 Å². The number of rotatable bonds is 6. The van der Waals surface area contributed by atoms with Gasteiger partial charge in [0.15, 0.2) is 17.6 Å². The molecule has 2 rings (SSSR count). The molecule has 0 bridgehead atoms. The molecule has 23 heavy (non-hydrogen) atoms. The van der Waals surface area contributed by atoms with Crippen LogP contribution in [0.1, 0.15) is 25.0 Å². The van der Waals surface area contributed by atoms with Crippen LogP contribution >= 0.6 is 0 Å². The molecule has 0 heterocycles. The third-order valence-corrected chi connectivity index (χ3v) is 3.55. The highest BCUT2D eigenvalue weighted by Crippen LogP contribution is 2.28. The Kier molecular flexibility index (Phi) is 5.63. The quantitative estimate of drug-likeness (QED) is 0.873. The second-order valence-corrected chi connectivity index (χ2v) is 5.40. The number of anilines is 1. The van der Waals surface area contributed by atoms with Gasteiger partial charge in [-0.25, -0.2) is 0 Å². The van der Waals surface area contributed by atoms with E-state index in [9.17, 15) is 4.79 Å². The zero-order valence-corrected chi connectivity index (χ0v) is 14.1. The minimum Gasteiger partial charge on any atom is -0.490 e. The fraction of sp³-hybridized carbons (Fsp3) is 0.316. The van der Waals surface area contributed by atoms with E-state index in [2.05, 4.69) is 5.32 Å². The minimum atomic E-state index is -0.629. The van der Waals surface area contributed by atoms with E-state index in [1.807, 2.05) is 57.2 Å². The Bertz CT molecular complexity index is 662. The van der Waals surface area contributed by atoms with Crippen molar-refractivity contribution in [3.63, 3.8) is 0 Å². The molecule has 0 aliphatic rings. The number of ether oxygens (including phenoxy) is 2. The van der Waals surface area contributed by atoms with Gasteiger partial charge in [0, 0.05) is 5.69 Å². The Morgan fingerprint density at radius 1 is 1.04 bits per heavy atom. The Morgan fingerprint density at radius 2 is 1.65 bits per heavy atom. The van der Waals surface area contributed by atoms with Crippen molar-refractivity contribution in [2.75, 3.05) is 11.9 Å². The normalized spacial score (nSPS) is 11.7.